The lowest BCUT2D eigenvalue weighted by molar-refractivity contribution is -0.113. The molecule has 0 bridgehead atoms. The largest absolute Gasteiger partial charge is 0.478 e. The summed E-state index contributed by atoms with van der Waals surface area (Å²) < 4.78 is 25.4. The molecule has 0 fully saturated rings. The lowest BCUT2D eigenvalue weighted by atomic mass is 10.0. The second-order valence-corrected chi connectivity index (χ2v) is 7.14. The molecular formula is C15H22N2O5S. The number of aryl methyl sites for hydroxylation is 2. The highest BCUT2D eigenvalue weighted by atomic mass is 32.2. The quantitative estimate of drug-likeness (QED) is 0.783. The van der Waals surface area contributed by atoms with E-state index in [2.05, 4.69) is 5.32 Å². The third-order valence-corrected chi connectivity index (χ3v) is 5.42. The number of carboxylic acids is 1. The topological polar surface area (TPSA) is 104 Å². The van der Waals surface area contributed by atoms with Gasteiger partial charge in [-0.3, -0.25) is 4.79 Å². The molecule has 0 aromatic heterocycles. The van der Waals surface area contributed by atoms with Crippen molar-refractivity contribution in [3.05, 3.63) is 28.8 Å². The van der Waals surface area contributed by atoms with Crippen molar-refractivity contribution in [2.24, 2.45) is 0 Å². The van der Waals surface area contributed by atoms with E-state index in [0.717, 1.165) is 0 Å². The van der Waals surface area contributed by atoms with Crippen molar-refractivity contribution in [1.82, 2.24) is 4.31 Å². The van der Waals surface area contributed by atoms with Gasteiger partial charge in [0.2, 0.25) is 15.9 Å². The molecule has 1 rings (SSSR count). The molecule has 128 valence electrons. The van der Waals surface area contributed by atoms with Crippen LogP contribution in [0.3, 0.4) is 0 Å². The Morgan fingerprint density at radius 2 is 1.70 bits per heavy atom. The summed E-state index contributed by atoms with van der Waals surface area (Å²) in [6.45, 7) is 7.35. The summed E-state index contributed by atoms with van der Waals surface area (Å²) >= 11 is 0. The van der Waals surface area contributed by atoms with Crippen LogP contribution in [0.1, 0.15) is 35.3 Å². The van der Waals surface area contributed by atoms with Crippen molar-refractivity contribution in [3.8, 4) is 0 Å². The van der Waals surface area contributed by atoms with Gasteiger partial charge in [-0.15, -0.1) is 0 Å². The number of nitrogens with one attached hydrogen (secondary N) is 1. The fraction of sp³-hybridized carbons (Fsp3) is 0.467. The summed E-state index contributed by atoms with van der Waals surface area (Å²) in [5.41, 5.74) is 1.61. The van der Waals surface area contributed by atoms with E-state index in [1.165, 1.54) is 10.4 Å². The molecule has 0 radical (unpaired) electrons. The number of carboxylic acid groups (broad SMARTS) is 1. The van der Waals surface area contributed by atoms with Gasteiger partial charge in [-0.2, -0.15) is 0 Å². The summed E-state index contributed by atoms with van der Waals surface area (Å²) in [6.07, 6.45) is 0. The first-order valence-electron chi connectivity index (χ1n) is 7.24. The number of hydrogen-bond donors (Lipinski definition) is 2. The molecular weight excluding hydrogens is 320 g/mol. The number of rotatable bonds is 7. The van der Waals surface area contributed by atoms with E-state index in [-0.39, 0.29) is 5.56 Å². The van der Waals surface area contributed by atoms with E-state index >= 15 is 0 Å². The minimum atomic E-state index is -3.68. The molecule has 1 aromatic rings. The Balaban J connectivity index is 2.98. The van der Waals surface area contributed by atoms with E-state index in [1.807, 2.05) is 0 Å². The molecule has 23 heavy (non-hydrogen) atoms. The molecule has 0 heterocycles. The zero-order valence-corrected chi connectivity index (χ0v) is 14.5. The highest BCUT2D eigenvalue weighted by Gasteiger charge is 2.23. The SMILES string of the molecule is CCN(CC)S(=O)(=O)CC(=O)Nc1cc(C(=O)O)c(C)cc1C. The van der Waals surface area contributed by atoms with Crippen LogP contribution < -0.4 is 5.32 Å². The van der Waals surface area contributed by atoms with E-state index in [1.54, 1.807) is 33.8 Å². The van der Waals surface area contributed by atoms with Gasteiger partial charge < -0.3 is 10.4 Å². The second kappa shape index (κ2) is 7.56. The Morgan fingerprint density at radius 1 is 1.13 bits per heavy atom. The van der Waals surface area contributed by atoms with Crippen LogP contribution in [0.15, 0.2) is 12.1 Å². The van der Waals surface area contributed by atoms with Crippen molar-refractivity contribution < 1.29 is 23.1 Å². The zero-order chi connectivity index (χ0) is 17.8. The molecule has 7 nitrogen and oxygen atoms in total. The summed E-state index contributed by atoms with van der Waals surface area (Å²) in [5, 5.41) is 11.6. The number of benzene rings is 1. The van der Waals surface area contributed by atoms with Crippen molar-refractivity contribution in [2.75, 3.05) is 24.2 Å². The van der Waals surface area contributed by atoms with Crippen molar-refractivity contribution in [1.29, 1.82) is 0 Å². The standard InChI is InChI=1S/C15H22N2O5S/c1-5-17(6-2)23(21,22)9-14(18)16-13-8-12(15(19)20)10(3)7-11(13)4/h7-8H,5-6,9H2,1-4H3,(H,16,18)(H,19,20). The van der Waals surface area contributed by atoms with Gasteiger partial charge in [0.25, 0.3) is 0 Å². The minimum Gasteiger partial charge on any atom is -0.478 e. The average Bonchev–Trinajstić information content (AvgIpc) is 2.41. The molecule has 1 amide bonds. The van der Waals surface area contributed by atoms with Gasteiger partial charge in [0.15, 0.2) is 0 Å². The Labute approximate surface area is 136 Å². The van der Waals surface area contributed by atoms with Gasteiger partial charge in [0.05, 0.1) is 5.56 Å². The number of aromatic carboxylic acids is 1. The smallest absolute Gasteiger partial charge is 0.336 e. The lowest BCUT2D eigenvalue weighted by Gasteiger charge is -2.18. The molecule has 0 aliphatic rings. The summed E-state index contributed by atoms with van der Waals surface area (Å²) in [4.78, 5) is 23.2. The summed E-state index contributed by atoms with van der Waals surface area (Å²) in [5.74, 6) is -2.47. The summed E-state index contributed by atoms with van der Waals surface area (Å²) in [6, 6.07) is 2.98. The van der Waals surface area contributed by atoms with Crippen LogP contribution in [0, 0.1) is 13.8 Å². The van der Waals surface area contributed by atoms with Crippen LogP contribution in [0.25, 0.3) is 0 Å². The number of amides is 1. The minimum absolute atomic E-state index is 0.0671. The number of carbonyl (C=O) groups is 2. The first-order valence-corrected chi connectivity index (χ1v) is 8.85. The van der Waals surface area contributed by atoms with Crippen LogP contribution >= 0.6 is 0 Å². The van der Waals surface area contributed by atoms with Gasteiger partial charge in [-0.1, -0.05) is 19.9 Å². The van der Waals surface area contributed by atoms with Gasteiger partial charge in [-0.25, -0.2) is 17.5 Å². The monoisotopic (exact) mass is 342 g/mol. The van der Waals surface area contributed by atoms with Crippen LogP contribution in [0.5, 0.6) is 0 Å². The third kappa shape index (κ3) is 4.77. The molecule has 8 heteroatoms. The van der Waals surface area contributed by atoms with Crippen LogP contribution in [0.2, 0.25) is 0 Å². The fourth-order valence-corrected chi connectivity index (χ4v) is 3.65. The summed E-state index contributed by atoms with van der Waals surface area (Å²) in [7, 11) is -3.68. The van der Waals surface area contributed by atoms with E-state index in [0.29, 0.717) is 29.9 Å². The number of nitrogens with zero attached hydrogens (tertiary/aromatic N) is 1. The maximum absolute atomic E-state index is 12.1. The van der Waals surface area contributed by atoms with E-state index in [9.17, 15) is 18.0 Å². The number of sulfonamides is 1. The maximum atomic E-state index is 12.1. The molecule has 0 aliphatic heterocycles. The first kappa shape index (κ1) is 19.1. The van der Waals surface area contributed by atoms with Gasteiger partial charge >= 0.3 is 5.97 Å². The third-order valence-electron chi connectivity index (χ3n) is 3.49. The average molecular weight is 342 g/mol. The van der Waals surface area contributed by atoms with E-state index in [4.69, 9.17) is 5.11 Å². The van der Waals surface area contributed by atoms with Crippen molar-refractivity contribution in [3.63, 3.8) is 0 Å². The Hall–Kier alpha value is -1.93. The van der Waals surface area contributed by atoms with Crippen molar-refractivity contribution >= 4 is 27.6 Å². The normalized spacial score (nSPS) is 11.5. The van der Waals surface area contributed by atoms with Crippen LogP contribution in [-0.4, -0.2) is 48.5 Å². The maximum Gasteiger partial charge on any atom is 0.336 e. The highest BCUT2D eigenvalue weighted by molar-refractivity contribution is 7.89. The highest BCUT2D eigenvalue weighted by Crippen LogP contribution is 2.21. The van der Waals surface area contributed by atoms with Gasteiger partial charge in [-0.05, 0) is 31.0 Å². The Kier molecular flexibility index (Phi) is 6.28. The van der Waals surface area contributed by atoms with Crippen molar-refractivity contribution in [2.45, 2.75) is 27.7 Å². The van der Waals surface area contributed by atoms with Crippen LogP contribution in [0.4, 0.5) is 5.69 Å². The fourth-order valence-electron chi connectivity index (χ4n) is 2.28. The molecule has 0 unspecified atom stereocenters. The number of hydrogen-bond acceptors (Lipinski definition) is 4. The molecule has 0 aliphatic carbocycles. The number of anilines is 1. The number of carbonyl (C=O) groups excluding carboxylic acids is 1. The van der Waals surface area contributed by atoms with Crippen LogP contribution in [-0.2, 0) is 14.8 Å². The molecule has 1 aromatic carbocycles. The zero-order valence-electron chi connectivity index (χ0n) is 13.7. The van der Waals surface area contributed by atoms with Gasteiger partial charge in [0.1, 0.15) is 5.75 Å². The predicted octanol–water partition coefficient (Wildman–Crippen LogP) is 1.61. The molecule has 2 N–H and O–H groups in total. The second-order valence-electron chi connectivity index (χ2n) is 5.18. The molecule has 0 saturated carbocycles. The molecule has 0 saturated heterocycles. The predicted molar refractivity (Wildman–Crippen MR) is 88.2 cm³/mol. The molecule has 0 atom stereocenters. The Morgan fingerprint density at radius 3 is 2.17 bits per heavy atom. The Bertz CT molecular complexity index is 709. The van der Waals surface area contributed by atoms with E-state index < -0.39 is 27.7 Å². The van der Waals surface area contributed by atoms with Gasteiger partial charge in [0, 0.05) is 18.8 Å². The lowest BCUT2D eigenvalue weighted by Crippen LogP contribution is -2.37. The first-order chi connectivity index (χ1) is 10.6. The molecule has 0 spiro atoms.